The standard InChI is InChI=1S/C32H39N5O6.C13H23N3O3.CH4/c1-20-7-12-35(13-8-20)29(38)27(19-22-17-21(2)28-26(18-22)42-31(40)34-28)43-32(41)36-14-10-24(11-15-36)37-16-9-23-5-3-4-6-25(23)33-30(37)39;1-14-5-7-15(8-6-14)11-13(18)19-10-9-16-4-2-3-12(16)17;/h3-6,17-18,20,24,27H,7-16,19H2,1-2H3,(H,33,39)(H,34,40);2-11H2,1H3;1H4/t27-;;/m1../s1. The number of H-pyrrole nitrogens is 1. The second-order valence-electron chi connectivity index (χ2n) is 17.4. The number of aromatic amines is 1. The van der Waals surface area contributed by atoms with Gasteiger partial charge in [0, 0.05) is 90.0 Å². The first-order valence-electron chi connectivity index (χ1n) is 22.3. The molecule has 8 rings (SSSR count). The molecule has 17 nitrogen and oxygen atoms in total. The number of aryl methyl sites for hydroxylation is 1. The van der Waals surface area contributed by atoms with Crippen molar-refractivity contribution >= 4 is 46.7 Å². The summed E-state index contributed by atoms with van der Waals surface area (Å²) >= 11 is 0. The lowest BCUT2D eigenvalue weighted by Gasteiger charge is -2.38. The zero-order valence-corrected chi connectivity index (χ0v) is 36.4. The van der Waals surface area contributed by atoms with Gasteiger partial charge < -0.3 is 43.7 Å². The number of aromatic nitrogens is 1. The van der Waals surface area contributed by atoms with Crippen LogP contribution in [0.5, 0.6) is 0 Å². The third-order valence-corrected chi connectivity index (χ3v) is 12.9. The number of hydrogen-bond donors (Lipinski definition) is 2. The van der Waals surface area contributed by atoms with E-state index in [0.29, 0.717) is 88.7 Å². The summed E-state index contributed by atoms with van der Waals surface area (Å²) in [6.45, 7) is 12.6. The van der Waals surface area contributed by atoms with Crippen molar-refractivity contribution in [1.82, 2.24) is 34.4 Å². The monoisotopic (exact) mass is 874 g/mol. The van der Waals surface area contributed by atoms with Crippen LogP contribution >= 0.6 is 0 Å². The van der Waals surface area contributed by atoms with Gasteiger partial charge in [-0.1, -0.05) is 38.6 Å². The Morgan fingerprint density at radius 3 is 2.30 bits per heavy atom. The molecule has 344 valence electrons. The third-order valence-electron chi connectivity index (χ3n) is 12.9. The van der Waals surface area contributed by atoms with Gasteiger partial charge >= 0.3 is 23.8 Å². The maximum Gasteiger partial charge on any atom is 0.417 e. The molecule has 6 heterocycles. The lowest BCUT2D eigenvalue weighted by atomic mass is 9.98. The number of carbonyl (C=O) groups excluding carboxylic acids is 5. The van der Waals surface area contributed by atoms with Crippen LogP contribution in [0.15, 0.2) is 45.6 Å². The second kappa shape index (κ2) is 21.8. The molecule has 2 aromatic carbocycles. The maximum atomic E-state index is 13.7. The summed E-state index contributed by atoms with van der Waals surface area (Å²) in [5.41, 5.74) is 4.55. The predicted molar refractivity (Wildman–Crippen MR) is 238 cm³/mol. The van der Waals surface area contributed by atoms with Crippen LogP contribution in [0, 0.1) is 12.8 Å². The van der Waals surface area contributed by atoms with Gasteiger partial charge in [0.1, 0.15) is 6.61 Å². The van der Waals surface area contributed by atoms with Crippen molar-refractivity contribution in [2.75, 3.05) is 97.5 Å². The number of piperazine rings is 1. The highest BCUT2D eigenvalue weighted by Gasteiger charge is 2.35. The minimum atomic E-state index is -1.00. The number of anilines is 1. The van der Waals surface area contributed by atoms with Crippen molar-refractivity contribution < 1.29 is 37.9 Å². The van der Waals surface area contributed by atoms with Crippen LogP contribution in [0.3, 0.4) is 0 Å². The lowest BCUT2D eigenvalue weighted by molar-refractivity contribution is -0.147. The summed E-state index contributed by atoms with van der Waals surface area (Å²) in [4.78, 5) is 89.1. The molecule has 63 heavy (non-hydrogen) atoms. The highest BCUT2D eigenvalue weighted by molar-refractivity contribution is 5.91. The number of nitrogens with one attached hydrogen (secondary N) is 2. The molecule has 0 spiro atoms. The Morgan fingerprint density at radius 1 is 0.873 bits per heavy atom. The van der Waals surface area contributed by atoms with E-state index in [0.717, 1.165) is 80.8 Å². The van der Waals surface area contributed by atoms with Crippen LogP contribution in [0.4, 0.5) is 15.3 Å². The van der Waals surface area contributed by atoms with Crippen molar-refractivity contribution in [3.63, 3.8) is 0 Å². The number of piperidine rings is 2. The van der Waals surface area contributed by atoms with E-state index in [9.17, 15) is 28.8 Å². The van der Waals surface area contributed by atoms with Gasteiger partial charge in [-0.25, -0.2) is 14.4 Å². The summed E-state index contributed by atoms with van der Waals surface area (Å²) in [6.07, 6.45) is 4.05. The van der Waals surface area contributed by atoms with Crippen molar-refractivity contribution in [3.05, 3.63) is 63.6 Å². The van der Waals surface area contributed by atoms with Gasteiger partial charge in [0.15, 0.2) is 11.7 Å². The molecule has 5 aliphatic rings. The zero-order chi connectivity index (χ0) is 43.8. The van der Waals surface area contributed by atoms with Crippen LogP contribution < -0.4 is 11.1 Å². The fraction of sp³-hybridized carbons (Fsp3) is 0.609. The van der Waals surface area contributed by atoms with Crippen LogP contribution in [-0.2, 0) is 36.7 Å². The van der Waals surface area contributed by atoms with E-state index >= 15 is 0 Å². The molecule has 0 saturated carbocycles. The quantitative estimate of drug-likeness (QED) is 0.277. The number of likely N-dealkylation sites (tertiary alicyclic amines) is 3. The fourth-order valence-electron chi connectivity index (χ4n) is 8.98. The van der Waals surface area contributed by atoms with Crippen molar-refractivity contribution in [2.24, 2.45) is 5.92 Å². The number of carbonyl (C=O) groups is 5. The van der Waals surface area contributed by atoms with Crippen molar-refractivity contribution in [1.29, 1.82) is 0 Å². The molecule has 17 heteroatoms. The summed E-state index contributed by atoms with van der Waals surface area (Å²) in [6, 6.07) is 11.4. The second-order valence-corrected chi connectivity index (χ2v) is 17.4. The number of amides is 5. The van der Waals surface area contributed by atoms with Gasteiger partial charge in [0.2, 0.25) is 5.91 Å². The van der Waals surface area contributed by atoms with E-state index in [1.807, 2.05) is 42.2 Å². The number of nitrogens with zero attached hydrogens (tertiary/aromatic N) is 6. The van der Waals surface area contributed by atoms with E-state index in [2.05, 4.69) is 34.1 Å². The number of oxazole rings is 1. The van der Waals surface area contributed by atoms with Gasteiger partial charge in [0.05, 0.1) is 18.6 Å². The normalized spacial score (nSPS) is 19.7. The Morgan fingerprint density at radius 2 is 1.59 bits per heavy atom. The largest absolute Gasteiger partial charge is 0.463 e. The lowest BCUT2D eigenvalue weighted by Crippen LogP contribution is -2.51. The molecule has 0 bridgehead atoms. The molecule has 3 aromatic rings. The minimum Gasteiger partial charge on any atom is -0.463 e. The average Bonchev–Trinajstić information content (AvgIpc) is 3.81. The molecule has 1 aromatic heterocycles. The van der Waals surface area contributed by atoms with Gasteiger partial charge in [0.25, 0.3) is 5.91 Å². The summed E-state index contributed by atoms with van der Waals surface area (Å²) in [7, 11) is 2.09. The van der Waals surface area contributed by atoms with Crippen LogP contribution in [0.25, 0.3) is 11.1 Å². The van der Waals surface area contributed by atoms with E-state index < -0.39 is 18.0 Å². The molecule has 0 aliphatic carbocycles. The Bertz CT molecular complexity index is 2110. The SMILES string of the molecule is C.CN1CCN(CC(=O)OCCN2CCCC2=O)CC1.Cc1cc(C[C@@H](OC(=O)N2CCC(N3CCc4ccccc4NC3=O)CC2)C(=O)N2CCC(C)CC2)cc2oc(=O)[nH]c12. The smallest absolute Gasteiger partial charge is 0.417 e. The molecule has 5 aliphatic heterocycles. The predicted octanol–water partition coefficient (Wildman–Crippen LogP) is 4.33. The molecule has 0 unspecified atom stereocenters. The number of ether oxygens (including phenoxy) is 2. The van der Waals surface area contributed by atoms with Gasteiger partial charge in [-0.3, -0.25) is 24.3 Å². The number of para-hydroxylation sites is 1. The first-order chi connectivity index (χ1) is 29.9. The van der Waals surface area contributed by atoms with E-state index in [1.54, 1.807) is 20.8 Å². The molecule has 0 radical (unpaired) electrons. The average molecular weight is 875 g/mol. The zero-order valence-electron chi connectivity index (χ0n) is 36.4. The molecular weight excluding hydrogens is 809 g/mol. The van der Waals surface area contributed by atoms with E-state index in [4.69, 9.17) is 13.9 Å². The topological polar surface area (TPSA) is 181 Å². The first kappa shape index (κ1) is 47.1. The highest BCUT2D eigenvalue weighted by Crippen LogP contribution is 2.26. The first-order valence-corrected chi connectivity index (χ1v) is 22.3. The highest BCUT2D eigenvalue weighted by atomic mass is 16.6. The van der Waals surface area contributed by atoms with Gasteiger partial charge in [-0.2, -0.15) is 0 Å². The van der Waals surface area contributed by atoms with Gasteiger partial charge in [-0.05, 0) is 87.2 Å². The molecule has 4 fully saturated rings. The Balaban J connectivity index is 0.000000277. The van der Waals surface area contributed by atoms with Crippen molar-refractivity contribution in [2.45, 2.75) is 84.8 Å². The number of urea groups is 1. The van der Waals surface area contributed by atoms with E-state index in [1.165, 1.54) is 0 Å². The van der Waals surface area contributed by atoms with Crippen LogP contribution in [0.2, 0.25) is 0 Å². The minimum absolute atomic E-state index is 0. The molecule has 1 atom stereocenters. The number of hydrogen-bond acceptors (Lipinski definition) is 11. The Kier molecular flexibility index (Phi) is 16.3. The summed E-state index contributed by atoms with van der Waals surface area (Å²) in [5, 5.41) is 3.03. The number of benzene rings is 2. The maximum absolute atomic E-state index is 13.7. The number of esters is 1. The fourth-order valence-corrected chi connectivity index (χ4v) is 8.98. The summed E-state index contributed by atoms with van der Waals surface area (Å²) in [5.74, 6) is -0.203. The number of fused-ring (bicyclic) bond motifs is 2. The van der Waals surface area contributed by atoms with Crippen LogP contribution in [0.1, 0.15) is 69.6 Å². The molecular formula is C46H66N8O9. The van der Waals surface area contributed by atoms with Crippen LogP contribution in [-0.4, -0.2) is 169 Å². The molecule has 2 N–H and O–H groups in total. The Hall–Kier alpha value is -5.42. The number of rotatable bonds is 10. The third kappa shape index (κ3) is 12.4. The molecule has 4 saturated heterocycles. The molecule has 5 amide bonds. The van der Waals surface area contributed by atoms with E-state index in [-0.39, 0.29) is 43.7 Å². The van der Waals surface area contributed by atoms with Crippen molar-refractivity contribution in [3.8, 4) is 0 Å². The van der Waals surface area contributed by atoms with Gasteiger partial charge in [-0.15, -0.1) is 0 Å². The number of likely N-dealkylation sites (N-methyl/N-ethyl adjacent to an activating group) is 1. The summed E-state index contributed by atoms with van der Waals surface area (Å²) < 4.78 is 16.4. The Labute approximate surface area is 370 Å².